The van der Waals surface area contributed by atoms with E-state index in [9.17, 15) is 4.79 Å². The van der Waals surface area contributed by atoms with Gasteiger partial charge in [0, 0.05) is 19.5 Å². The molecule has 0 radical (unpaired) electrons. The predicted molar refractivity (Wildman–Crippen MR) is 68.6 cm³/mol. The largest absolute Gasteiger partial charge is 0.338 e. The first-order valence-corrected chi connectivity index (χ1v) is 6.89. The number of anilines is 1. The lowest BCUT2D eigenvalue weighted by Gasteiger charge is -2.16. The maximum absolute atomic E-state index is 11.5. The smallest absolute Gasteiger partial charge is 0.266 e. The summed E-state index contributed by atoms with van der Waals surface area (Å²) in [6.07, 6.45) is 6.63. The van der Waals surface area contributed by atoms with E-state index in [0.717, 1.165) is 19.5 Å². The number of Topliss-reactive ketones (excluding diaryl/α,β-unsaturated/α-hetero) is 1. The fourth-order valence-electron chi connectivity index (χ4n) is 2.25. The van der Waals surface area contributed by atoms with Gasteiger partial charge in [-0.05, 0) is 24.4 Å². The number of nitrogens with zero attached hydrogens (tertiary/aromatic N) is 3. The lowest BCUT2D eigenvalue weighted by Crippen LogP contribution is -2.25. The number of carbonyl (C=O) groups is 1. The van der Waals surface area contributed by atoms with Crippen LogP contribution >= 0.6 is 0 Å². The molecule has 1 fully saturated rings. The maximum atomic E-state index is 11.5. The number of hydrogen-bond donors (Lipinski definition) is 0. The Morgan fingerprint density at radius 3 is 2.67 bits per heavy atom. The monoisotopic (exact) mass is 251 g/mol. The second-order valence-electron chi connectivity index (χ2n) is 4.85. The number of ketones is 1. The molecule has 1 aromatic rings. The average Bonchev–Trinajstić information content (AvgIpc) is 2.64. The fraction of sp³-hybridized carbons (Fsp3) is 0.769. The predicted octanol–water partition coefficient (Wildman–Crippen LogP) is 2.36. The van der Waals surface area contributed by atoms with Gasteiger partial charge >= 0.3 is 0 Å². The highest BCUT2D eigenvalue weighted by molar-refractivity contribution is 5.79. The highest BCUT2D eigenvalue weighted by atomic mass is 16.5. The van der Waals surface area contributed by atoms with Gasteiger partial charge in [0.2, 0.25) is 5.89 Å². The molecule has 0 unspecified atom stereocenters. The summed E-state index contributed by atoms with van der Waals surface area (Å²) in [6.45, 7) is 3.97. The summed E-state index contributed by atoms with van der Waals surface area (Å²) in [5.74, 6) is 1.27. The molecular weight excluding hydrogens is 230 g/mol. The molecule has 0 spiro atoms. The Morgan fingerprint density at radius 1 is 1.28 bits per heavy atom. The van der Waals surface area contributed by atoms with Gasteiger partial charge in [0.25, 0.3) is 5.95 Å². The van der Waals surface area contributed by atoms with Crippen molar-refractivity contribution in [1.82, 2.24) is 10.1 Å². The SMILES string of the molecule is CCCC(=O)Cc1nc(N2CCCCCC2)no1. The molecule has 18 heavy (non-hydrogen) atoms. The first kappa shape index (κ1) is 13.1. The van der Waals surface area contributed by atoms with E-state index in [1.165, 1.54) is 25.7 Å². The minimum atomic E-state index is 0.170. The first-order chi connectivity index (χ1) is 8.79. The Kier molecular flexibility index (Phi) is 4.73. The van der Waals surface area contributed by atoms with Crippen LogP contribution in [-0.4, -0.2) is 29.0 Å². The summed E-state index contributed by atoms with van der Waals surface area (Å²) in [5, 5.41) is 3.98. The van der Waals surface area contributed by atoms with E-state index < -0.39 is 0 Å². The molecule has 0 aliphatic carbocycles. The zero-order valence-electron chi connectivity index (χ0n) is 11.0. The molecule has 1 saturated heterocycles. The summed E-state index contributed by atoms with van der Waals surface area (Å²) < 4.78 is 5.15. The molecule has 1 aliphatic heterocycles. The van der Waals surface area contributed by atoms with Crippen LogP contribution in [0.5, 0.6) is 0 Å². The van der Waals surface area contributed by atoms with Crippen molar-refractivity contribution >= 4 is 11.7 Å². The van der Waals surface area contributed by atoms with Crippen LogP contribution in [0.4, 0.5) is 5.95 Å². The number of hydrogen-bond acceptors (Lipinski definition) is 5. The van der Waals surface area contributed by atoms with E-state index in [0.29, 0.717) is 18.3 Å². The third-order valence-corrected chi connectivity index (χ3v) is 3.22. The maximum Gasteiger partial charge on any atom is 0.266 e. The number of carbonyl (C=O) groups excluding carboxylic acids is 1. The number of rotatable bonds is 5. The molecule has 1 aliphatic rings. The molecular formula is C13H21N3O2. The second kappa shape index (κ2) is 6.52. The Bertz CT molecular complexity index is 381. The Morgan fingerprint density at radius 2 is 2.00 bits per heavy atom. The molecule has 0 aromatic carbocycles. The van der Waals surface area contributed by atoms with Crippen LogP contribution < -0.4 is 4.90 Å². The third-order valence-electron chi connectivity index (χ3n) is 3.22. The molecule has 5 nitrogen and oxygen atoms in total. The van der Waals surface area contributed by atoms with Crippen molar-refractivity contribution in [3.05, 3.63) is 5.89 Å². The molecule has 1 aromatic heterocycles. The summed E-state index contributed by atoms with van der Waals surface area (Å²) in [6, 6.07) is 0. The van der Waals surface area contributed by atoms with Crippen LogP contribution in [0.1, 0.15) is 51.3 Å². The zero-order valence-corrected chi connectivity index (χ0v) is 11.0. The van der Waals surface area contributed by atoms with E-state index >= 15 is 0 Å². The van der Waals surface area contributed by atoms with E-state index in [-0.39, 0.29) is 12.2 Å². The standard InChI is InChI=1S/C13H21N3O2/c1-2-7-11(17)10-12-14-13(15-18-12)16-8-5-3-4-6-9-16/h2-10H2,1H3. The van der Waals surface area contributed by atoms with Gasteiger partial charge in [0.1, 0.15) is 5.78 Å². The average molecular weight is 251 g/mol. The van der Waals surface area contributed by atoms with Crippen molar-refractivity contribution in [2.24, 2.45) is 0 Å². The molecule has 0 amide bonds. The summed E-state index contributed by atoms with van der Waals surface area (Å²) in [4.78, 5) is 18.0. The first-order valence-electron chi connectivity index (χ1n) is 6.89. The molecule has 100 valence electrons. The van der Waals surface area contributed by atoms with Gasteiger partial charge in [-0.3, -0.25) is 4.79 Å². The second-order valence-corrected chi connectivity index (χ2v) is 4.85. The lowest BCUT2D eigenvalue weighted by atomic mass is 10.2. The van der Waals surface area contributed by atoms with Crippen molar-refractivity contribution in [3.8, 4) is 0 Å². The van der Waals surface area contributed by atoms with Crippen LogP contribution in [-0.2, 0) is 11.2 Å². The molecule has 2 heterocycles. The van der Waals surface area contributed by atoms with Crippen molar-refractivity contribution in [2.75, 3.05) is 18.0 Å². The zero-order chi connectivity index (χ0) is 12.8. The Hall–Kier alpha value is -1.39. The van der Waals surface area contributed by atoms with E-state index in [1.54, 1.807) is 0 Å². The lowest BCUT2D eigenvalue weighted by molar-refractivity contribution is -0.118. The van der Waals surface area contributed by atoms with Gasteiger partial charge in [0.15, 0.2) is 0 Å². The molecule has 0 N–H and O–H groups in total. The third kappa shape index (κ3) is 3.55. The minimum Gasteiger partial charge on any atom is -0.338 e. The van der Waals surface area contributed by atoms with Crippen LogP contribution in [0.15, 0.2) is 4.52 Å². The molecule has 0 bridgehead atoms. The van der Waals surface area contributed by atoms with Crippen LogP contribution in [0.25, 0.3) is 0 Å². The molecule has 2 rings (SSSR count). The molecule has 0 saturated carbocycles. The van der Waals surface area contributed by atoms with Gasteiger partial charge in [-0.1, -0.05) is 19.8 Å². The van der Waals surface area contributed by atoms with Crippen molar-refractivity contribution < 1.29 is 9.32 Å². The van der Waals surface area contributed by atoms with Crippen LogP contribution in [0.3, 0.4) is 0 Å². The van der Waals surface area contributed by atoms with Crippen molar-refractivity contribution in [3.63, 3.8) is 0 Å². The summed E-state index contributed by atoms with van der Waals surface area (Å²) in [7, 11) is 0. The summed E-state index contributed by atoms with van der Waals surface area (Å²) >= 11 is 0. The van der Waals surface area contributed by atoms with Gasteiger partial charge in [0.05, 0.1) is 6.42 Å². The van der Waals surface area contributed by atoms with Crippen LogP contribution in [0.2, 0.25) is 0 Å². The van der Waals surface area contributed by atoms with E-state index in [2.05, 4.69) is 15.0 Å². The Labute approximate surface area is 108 Å². The minimum absolute atomic E-state index is 0.170. The topological polar surface area (TPSA) is 59.2 Å². The fourth-order valence-corrected chi connectivity index (χ4v) is 2.25. The highest BCUT2D eigenvalue weighted by Gasteiger charge is 2.17. The van der Waals surface area contributed by atoms with Gasteiger partial charge in [-0.25, -0.2) is 0 Å². The van der Waals surface area contributed by atoms with Crippen molar-refractivity contribution in [2.45, 2.75) is 51.9 Å². The van der Waals surface area contributed by atoms with Crippen molar-refractivity contribution in [1.29, 1.82) is 0 Å². The van der Waals surface area contributed by atoms with Gasteiger partial charge in [-0.2, -0.15) is 4.98 Å². The van der Waals surface area contributed by atoms with E-state index in [4.69, 9.17) is 4.52 Å². The number of aromatic nitrogens is 2. The quantitative estimate of drug-likeness (QED) is 0.804. The normalized spacial score (nSPS) is 16.6. The van der Waals surface area contributed by atoms with E-state index in [1.807, 2.05) is 6.92 Å². The highest BCUT2D eigenvalue weighted by Crippen LogP contribution is 2.16. The van der Waals surface area contributed by atoms with Gasteiger partial charge in [-0.15, -0.1) is 0 Å². The molecule has 0 atom stereocenters. The van der Waals surface area contributed by atoms with Gasteiger partial charge < -0.3 is 9.42 Å². The Balaban J connectivity index is 1.94. The van der Waals surface area contributed by atoms with Crippen LogP contribution in [0, 0.1) is 0 Å². The summed E-state index contributed by atoms with van der Waals surface area (Å²) in [5.41, 5.74) is 0. The molecule has 5 heteroatoms.